The van der Waals surface area contributed by atoms with Crippen molar-refractivity contribution in [1.82, 2.24) is 0 Å². The summed E-state index contributed by atoms with van der Waals surface area (Å²) in [6.45, 7) is 16.2. The number of allylic oxidation sites excluding steroid dienone is 4. The molecule has 0 aliphatic heterocycles. The van der Waals surface area contributed by atoms with Gasteiger partial charge < -0.3 is 5.11 Å². The fraction of sp³-hybridized carbons (Fsp3) is 0.786. The van der Waals surface area contributed by atoms with Gasteiger partial charge in [0.25, 0.3) is 0 Å². The second-order valence-corrected chi connectivity index (χ2v) is 11.8. The zero-order valence-electron chi connectivity index (χ0n) is 19.6. The molecule has 0 amide bonds. The van der Waals surface area contributed by atoms with Crippen molar-refractivity contribution in [1.29, 1.82) is 0 Å². The molecule has 162 valence electrons. The maximum atomic E-state index is 10.2. The predicted molar refractivity (Wildman–Crippen MR) is 123 cm³/mol. The number of hydrogen-bond acceptors (Lipinski definition) is 1. The van der Waals surface area contributed by atoms with Crippen LogP contribution in [-0.2, 0) is 0 Å². The number of aliphatic hydroxyl groups excluding tert-OH is 1. The molecule has 0 aromatic heterocycles. The van der Waals surface area contributed by atoms with E-state index < -0.39 is 0 Å². The molecular formula is C28H44O. The third kappa shape index (κ3) is 3.50. The first-order chi connectivity index (χ1) is 13.7. The second kappa shape index (κ2) is 7.70. The zero-order valence-corrected chi connectivity index (χ0v) is 19.6. The Morgan fingerprint density at radius 1 is 1.10 bits per heavy atom. The van der Waals surface area contributed by atoms with Crippen LogP contribution in [0.5, 0.6) is 0 Å². The zero-order chi connectivity index (χ0) is 21.0. The average molecular weight is 397 g/mol. The van der Waals surface area contributed by atoms with E-state index in [9.17, 15) is 5.11 Å². The van der Waals surface area contributed by atoms with Crippen LogP contribution in [0, 0.1) is 46.3 Å². The van der Waals surface area contributed by atoms with Crippen LogP contribution in [0.4, 0.5) is 0 Å². The summed E-state index contributed by atoms with van der Waals surface area (Å²) in [5, 5.41) is 10.2. The Hall–Kier alpha value is -0.820. The monoisotopic (exact) mass is 396 g/mol. The molecule has 0 aromatic carbocycles. The fourth-order valence-corrected chi connectivity index (χ4v) is 8.19. The van der Waals surface area contributed by atoms with E-state index in [2.05, 4.69) is 59.4 Å². The highest BCUT2D eigenvalue weighted by Gasteiger charge is 2.58. The minimum absolute atomic E-state index is 0.0928. The third-order valence-corrected chi connectivity index (χ3v) is 10.3. The molecule has 0 saturated heterocycles. The van der Waals surface area contributed by atoms with E-state index in [1.165, 1.54) is 44.1 Å². The van der Waals surface area contributed by atoms with Crippen molar-refractivity contribution in [2.24, 2.45) is 46.3 Å². The Bertz CT molecular complexity index is 701. The molecule has 0 aromatic rings. The van der Waals surface area contributed by atoms with E-state index in [-0.39, 0.29) is 6.10 Å². The van der Waals surface area contributed by atoms with Crippen LogP contribution in [0.3, 0.4) is 0 Å². The first-order valence-electron chi connectivity index (χ1n) is 12.4. The number of hydrogen-bond donors (Lipinski definition) is 1. The van der Waals surface area contributed by atoms with Crippen LogP contribution < -0.4 is 0 Å². The molecule has 0 radical (unpaired) electrons. The highest BCUT2D eigenvalue weighted by molar-refractivity contribution is 5.25. The van der Waals surface area contributed by atoms with Crippen molar-refractivity contribution in [3.63, 3.8) is 0 Å². The minimum atomic E-state index is -0.0928. The number of rotatable bonds is 4. The third-order valence-electron chi connectivity index (χ3n) is 10.3. The first-order valence-corrected chi connectivity index (χ1v) is 12.4. The summed E-state index contributed by atoms with van der Waals surface area (Å²) in [4.78, 5) is 0. The smallest absolute Gasteiger partial charge is 0.0577 e. The maximum absolute atomic E-state index is 10.2. The first kappa shape index (κ1) is 21.4. The summed E-state index contributed by atoms with van der Waals surface area (Å²) in [6.07, 6.45) is 17.4. The standard InChI is InChI=1S/C28H44O/c1-18(2)19(3)7-8-20(4)24-11-12-25-23-10-9-21-17-22(29)13-15-27(21,5)26(23)14-16-28(24,25)6/h7-9,19-20,22-26,29H,1,10-17H2,2-6H3/b8-7+/t19-,20+,22?,23-,24+,25-,26-,27-,28+/m0/s1. The van der Waals surface area contributed by atoms with Crippen molar-refractivity contribution in [2.45, 2.75) is 92.1 Å². The molecule has 1 nitrogen and oxygen atoms in total. The normalized spacial score (nSPS) is 46.4. The topological polar surface area (TPSA) is 20.2 Å². The molecule has 1 N–H and O–H groups in total. The molecule has 0 bridgehead atoms. The van der Waals surface area contributed by atoms with Crippen LogP contribution in [0.2, 0.25) is 0 Å². The van der Waals surface area contributed by atoms with E-state index in [1.807, 2.05) is 0 Å². The van der Waals surface area contributed by atoms with Crippen LogP contribution in [0.15, 0.2) is 36.0 Å². The lowest BCUT2D eigenvalue weighted by molar-refractivity contribution is -0.0540. The van der Waals surface area contributed by atoms with Crippen LogP contribution in [0.1, 0.15) is 86.0 Å². The summed E-state index contributed by atoms with van der Waals surface area (Å²) >= 11 is 0. The summed E-state index contributed by atoms with van der Waals surface area (Å²) in [5.74, 6) is 4.59. The molecule has 1 unspecified atom stereocenters. The Morgan fingerprint density at radius 3 is 2.59 bits per heavy atom. The largest absolute Gasteiger partial charge is 0.393 e. The molecular weight excluding hydrogens is 352 g/mol. The Balaban J connectivity index is 1.54. The van der Waals surface area contributed by atoms with Gasteiger partial charge in [-0.15, -0.1) is 0 Å². The Morgan fingerprint density at radius 2 is 1.86 bits per heavy atom. The van der Waals surface area contributed by atoms with E-state index >= 15 is 0 Å². The van der Waals surface area contributed by atoms with E-state index in [4.69, 9.17) is 0 Å². The van der Waals surface area contributed by atoms with Gasteiger partial charge in [-0.2, -0.15) is 0 Å². The molecule has 4 aliphatic rings. The Labute approximate surface area is 179 Å². The average Bonchev–Trinajstić information content (AvgIpc) is 3.03. The molecule has 4 rings (SSSR count). The quantitative estimate of drug-likeness (QED) is 0.493. The highest BCUT2D eigenvalue weighted by Crippen LogP contribution is 2.67. The van der Waals surface area contributed by atoms with E-state index in [1.54, 1.807) is 5.57 Å². The SMILES string of the molecule is C=C(C)[C@@H](C)/C=C/[C@@H](C)[C@H]1CC[C@H]2[C@@H]3CC=C4CC(O)CC[C@]4(C)[C@H]3CC[C@]12C. The van der Waals surface area contributed by atoms with Crippen LogP contribution in [-0.4, -0.2) is 11.2 Å². The van der Waals surface area contributed by atoms with Gasteiger partial charge in [-0.1, -0.05) is 63.6 Å². The van der Waals surface area contributed by atoms with E-state index in [0.29, 0.717) is 22.7 Å². The lowest BCUT2D eigenvalue weighted by Crippen LogP contribution is -2.50. The lowest BCUT2D eigenvalue weighted by atomic mass is 9.47. The molecule has 3 fully saturated rings. The van der Waals surface area contributed by atoms with Crippen molar-refractivity contribution in [3.05, 3.63) is 36.0 Å². The summed E-state index contributed by atoms with van der Waals surface area (Å²) in [7, 11) is 0. The molecule has 0 heterocycles. The maximum Gasteiger partial charge on any atom is 0.0577 e. The molecule has 0 spiro atoms. The van der Waals surface area contributed by atoms with Crippen molar-refractivity contribution in [3.8, 4) is 0 Å². The van der Waals surface area contributed by atoms with E-state index in [0.717, 1.165) is 36.5 Å². The number of fused-ring (bicyclic) bond motifs is 5. The van der Waals surface area contributed by atoms with Gasteiger partial charge in [-0.05, 0) is 105 Å². The molecule has 1 heteroatoms. The van der Waals surface area contributed by atoms with Gasteiger partial charge in [0, 0.05) is 0 Å². The predicted octanol–water partition coefficient (Wildman–Crippen LogP) is 7.33. The molecule has 3 saturated carbocycles. The van der Waals surface area contributed by atoms with Gasteiger partial charge in [0.2, 0.25) is 0 Å². The van der Waals surface area contributed by atoms with Crippen molar-refractivity contribution < 1.29 is 5.11 Å². The number of aliphatic hydroxyl groups is 1. The Kier molecular flexibility index (Phi) is 5.69. The summed E-state index contributed by atoms with van der Waals surface area (Å²) in [5.41, 5.74) is 3.73. The van der Waals surface area contributed by atoms with Gasteiger partial charge in [0.05, 0.1) is 6.10 Å². The van der Waals surface area contributed by atoms with Crippen LogP contribution >= 0.6 is 0 Å². The van der Waals surface area contributed by atoms with Crippen molar-refractivity contribution in [2.75, 3.05) is 0 Å². The molecule has 4 aliphatic carbocycles. The van der Waals surface area contributed by atoms with Crippen molar-refractivity contribution >= 4 is 0 Å². The summed E-state index contributed by atoms with van der Waals surface area (Å²) < 4.78 is 0. The van der Waals surface area contributed by atoms with Crippen LogP contribution in [0.25, 0.3) is 0 Å². The second-order valence-electron chi connectivity index (χ2n) is 11.8. The highest BCUT2D eigenvalue weighted by atomic mass is 16.3. The summed E-state index contributed by atoms with van der Waals surface area (Å²) in [6, 6.07) is 0. The van der Waals surface area contributed by atoms with Gasteiger partial charge in [0.15, 0.2) is 0 Å². The fourth-order valence-electron chi connectivity index (χ4n) is 8.19. The molecule has 9 atom stereocenters. The molecule has 29 heavy (non-hydrogen) atoms. The van der Waals surface area contributed by atoms with Gasteiger partial charge >= 0.3 is 0 Å². The van der Waals surface area contributed by atoms with Gasteiger partial charge in [0.1, 0.15) is 0 Å². The lowest BCUT2D eigenvalue weighted by Gasteiger charge is -2.58. The minimum Gasteiger partial charge on any atom is -0.393 e. The van der Waals surface area contributed by atoms with Gasteiger partial charge in [-0.25, -0.2) is 0 Å². The van der Waals surface area contributed by atoms with Gasteiger partial charge in [-0.3, -0.25) is 0 Å².